The Morgan fingerprint density at radius 1 is 1.78 bits per heavy atom. The molecular formula is C8H11N. The quantitative estimate of drug-likeness (QED) is 0.389. The van der Waals surface area contributed by atoms with Gasteiger partial charge in [0.15, 0.2) is 0 Å². The molecule has 48 valence electrons. The molecule has 0 bridgehead atoms. The smallest absolute Gasteiger partial charge is 0.0380 e. The van der Waals surface area contributed by atoms with E-state index >= 15 is 0 Å². The van der Waals surface area contributed by atoms with Gasteiger partial charge in [-0.15, -0.1) is 6.42 Å². The Bertz CT molecular complexity index is 158. The van der Waals surface area contributed by atoms with Crippen molar-refractivity contribution in [2.45, 2.75) is 13.3 Å². The first kappa shape index (κ1) is 7.97. The number of allylic oxidation sites excluding steroid dienone is 2. The summed E-state index contributed by atoms with van der Waals surface area (Å²) in [6, 6.07) is 0. The summed E-state index contributed by atoms with van der Waals surface area (Å²) in [7, 11) is 1.71. The van der Waals surface area contributed by atoms with E-state index < -0.39 is 0 Å². The third-order valence-electron chi connectivity index (χ3n) is 0.859. The fourth-order valence-electron chi connectivity index (χ4n) is 0.508. The van der Waals surface area contributed by atoms with Gasteiger partial charge in [0.1, 0.15) is 0 Å². The molecule has 0 spiro atoms. The van der Waals surface area contributed by atoms with Crippen LogP contribution in [0.1, 0.15) is 13.3 Å². The molecule has 0 N–H and O–H groups in total. The van der Waals surface area contributed by atoms with Gasteiger partial charge >= 0.3 is 0 Å². The zero-order chi connectivity index (χ0) is 7.11. The second kappa shape index (κ2) is 5.11. The Labute approximate surface area is 56.5 Å². The molecular weight excluding hydrogens is 110 g/mol. The molecule has 0 aliphatic heterocycles. The van der Waals surface area contributed by atoms with Crippen LogP contribution in [-0.4, -0.2) is 13.3 Å². The largest absolute Gasteiger partial charge is 0.295 e. The van der Waals surface area contributed by atoms with Crippen LogP contribution in [0.15, 0.2) is 16.6 Å². The van der Waals surface area contributed by atoms with E-state index in [4.69, 9.17) is 6.42 Å². The van der Waals surface area contributed by atoms with E-state index in [1.807, 2.05) is 13.0 Å². The third kappa shape index (κ3) is 3.54. The van der Waals surface area contributed by atoms with Crippen LogP contribution in [0.5, 0.6) is 0 Å². The van der Waals surface area contributed by atoms with E-state index in [9.17, 15) is 0 Å². The number of rotatable bonds is 2. The first-order chi connectivity index (χ1) is 4.35. The van der Waals surface area contributed by atoms with Crippen LogP contribution in [0, 0.1) is 12.3 Å². The van der Waals surface area contributed by atoms with E-state index in [1.54, 1.807) is 13.3 Å². The average molecular weight is 121 g/mol. The van der Waals surface area contributed by atoms with Gasteiger partial charge in [0.25, 0.3) is 0 Å². The SMILES string of the molecule is C#C/C(C=NC)=C/CC. The summed E-state index contributed by atoms with van der Waals surface area (Å²) in [5.74, 6) is 2.52. The van der Waals surface area contributed by atoms with E-state index in [2.05, 4.69) is 10.9 Å². The van der Waals surface area contributed by atoms with Crippen molar-refractivity contribution in [1.82, 2.24) is 0 Å². The van der Waals surface area contributed by atoms with Crippen molar-refractivity contribution < 1.29 is 0 Å². The lowest BCUT2D eigenvalue weighted by Gasteiger charge is -1.84. The van der Waals surface area contributed by atoms with E-state index in [1.165, 1.54) is 0 Å². The van der Waals surface area contributed by atoms with Gasteiger partial charge in [-0.3, -0.25) is 4.99 Å². The van der Waals surface area contributed by atoms with E-state index in [-0.39, 0.29) is 0 Å². The molecule has 0 aromatic rings. The number of aliphatic imine (C=N–C) groups is 1. The van der Waals surface area contributed by atoms with E-state index in [0.29, 0.717) is 0 Å². The molecule has 9 heavy (non-hydrogen) atoms. The molecule has 0 saturated heterocycles. The molecule has 0 unspecified atom stereocenters. The van der Waals surface area contributed by atoms with Crippen LogP contribution in [0.4, 0.5) is 0 Å². The summed E-state index contributed by atoms with van der Waals surface area (Å²) in [5, 5.41) is 0. The highest BCUT2D eigenvalue weighted by Crippen LogP contribution is 1.89. The highest BCUT2D eigenvalue weighted by molar-refractivity contribution is 5.84. The molecule has 0 fully saturated rings. The van der Waals surface area contributed by atoms with Crippen LogP contribution >= 0.6 is 0 Å². The summed E-state index contributed by atoms with van der Waals surface area (Å²) < 4.78 is 0. The summed E-state index contributed by atoms with van der Waals surface area (Å²) in [5.41, 5.74) is 0.861. The van der Waals surface area contributed by atoms with Gasteiger partial charge in [0.05, 0.1) is 0 Å². The maximum Gasteiger partial charge on any atom is 0.0380 e. The number of hydrogen-bond donors (Lipinski definition) is 0. The molecule has 0 heterocycles. The zero-order valence-corrected chi connectivity index (χ0v) is 5.89. The third-order valence-corrected chi connectivity index (χ3v) is 0.859. The molecule has 1 nitrogen and oxygen atoms in total. The Hall–Kier alpha value is -1.03. The second-order valence-corrected chi connectivity index (χ2v) is 1.60. The molecule has 0 atom stereocenters. The van der Waals surface area contributed by atoms with Gasteiger partial charge in [-0.2, -0.15) is 0 Å². The lowest BCUT2D eigenvalue weighted by Crippen LogP contribution is -1.78. The van der Waals surface area contributed by atoms with Crippen molar-refractivity contribution in [1.29, 1.82) is 0 Å². The van der Waals surface area contributed by atoms with Crippen molar-refractivity contribution in [2.24, 2.45) is 4.99 Å². The number of nitrogens with zero attached hydrogens (tertiary/aromatic N) is 1. The van der Waals surface area contributed by atoms with Crippen LogP contribution in [-0.2, 0) is 0 Å². The van der Waals surface area contributed by atoms with Gasteiger partial charge in [0.2, 0.25) is 0 Å². The van der Waals surface area contributed by atoms with Crippen molar-refractivity contribution in [3.8, 4) is 12.3 Å². The van der Waals surface area contributed by atoms with Crippen LogP contribution < -0.4 is 0 Å². The summed E-state index contributed by atoms with van der Waals surface area (Å²) in [6.07, 6.45) is 9.75. The van der Waals surface area contributed by atoms with Gasteiger partial charge < -0.3 is 0 Å². The lowest BCUT2D eigenvalue weighted by atomic mass is 10.2. The second-order valence-electron chi connectivity index (χ2n) is 1.60. The minimum absolute atomic E-state index is 0.861. The highest BCUT2D eigenvalue weighted by atomic mass is 14.6. The Balaban J connectivity index is 4.02. The van der Waals surface area contributed by atoms with Crippen LogP contribution in [0.25, 0.3) is 0 Å². The maximum absolute atomic E-state index is 5.14. The first-order valence-corrected chi connectivity index (χ1v) is 2.94. The Morgan fingerprint density at radius 3 is 2.78 bits per heavy atom. The molecule has 0 radical (unpaired) electrons. The predicted octanol–water partition coefficient (Wildman–Crippen LogP) is 1.66. The lowest BCUT2D eigenvalue weighted by molar-refractivity contribution is 1.22. The minimum Gasteiger partial charge on any atom is -0.295 e. The maximum atomic E-state index is 5.14. The first-order valence-electron chi connectivity index (χ1n) is 2.94. The Kier molecular flexibility index (Phi) is 4.53. The normalized spacial score (nSPS) is 11.9. The summed E-state index contributed by atoms with van der Waals surface area (Å²) in [6.45, 7) is 2.04. The monoisotopic (exact) mass is 121 g/mol. The van der Waals surface area contributed by atoms with Crippen LogP contribution in [0.2, 0.25) is 0 Å². The molecule has 0 aliphatic rings. The Morgan fingerprint density at radius 2 is 2.44 bits per heavy atom. The van der Waals surface area contributed by atoms with Crippen LogP contribution in [0.3, 0.4) is 0 Å². The number of hydrogen-bond acceptors (Lipinski definition) is 1. The fourth-order valence-corrected chi connectivity index (χ4v) is 0.508. The number of terminal acetylenes is 1. The summed E-state index contributed by atoms with van der Waals surface area (Å²) in [4.78, 5) is 3.79. The van der Waals surface area contributed by atoms with Gasteiger partial charge in [-0.1, -0.05) is 18.9 Å². The molecule has 0 rings (SSSR count). The standard InChI is InChI=1S/C8H11N/c1-4-6-8(5-2)7-9-3/h2,6-7H,4H2,1,3H3/b8-6-,9-7?. The molecule has 0 aromatic carbocycles. The molecule has 0 aliphatic carbocycles. The average Bonchev–Trinajstić information content (AvgIpc) is 1.88. The van der Waals surface area contributed by atoms with Gasteiger partial charge in [0, 0.05) is 18.8 Å². The minimum atomic E-state index is 0.861. The molecule has 0 amide bonds. The van der Waals surface area contributed by atoms with Gasteiger partial charge in [-0.25, -0.2) is 0 Å². The predicted molar refractivity (Wildman–Crippen MR) is 41.6 cm³/mol. The topological polar surface area (TPSA) is 12.4 Å². The fraction of sp³-hybridized carbons (Fsp3) is 0.375. The van der Waals surface area contributed by atoms with Crippen molar-refractivity contribution >= 4 is 6.21 Å². The van der Waals surface area contributed by atoms with Crippen molar-refractivity contribution in [3.63, 3.8) is 0 Å². The summed E-state index contributed by atoms with van der Waals surface area (Å²) >= 11 is 0. The van der Waals surface area contributed by atoms with Crippen molar-refractivity contribution in [2.75, 3.05) is 7.05 Å². The highest BCUT2D eigenvalue weighted by Gasteiger charge is 1.80. The van der Waals surface area contributed by atoms with E-state index in [0.717, 1.165) is 12.0 Å². The molecule has 0 saturated carbocycles. The van der Waals surface area contributed by atoms with Gasteiger partial charge in [-0.05, 0) is 6.42 Å². The molecule has 1 heteroatoms. The molecule has 0 aromatic heterocycles. The van der Waals surface area contributed by atoms with Crippen molar-refractivity contribution in [3.05, 3.63) is 11.6 Å². The zero-order valence-electron chi connectivity index (χ0n) is 5.89.